The van der Waals surface area contributed by atoms with Crippen molar-refractivity contribution in [3.8, 4) is 0 Å². The summed E-state index contributed by atoms with van der Waals surface area (Å²) in [5, 5.41) is 20.4. The van der Waals surface area contributed by atoms with Crippen molar-refractivity contribution in [1.82, 2.24) is 0 Å². The molecule has 1 heterocycles. The van der Waals surface area contributed by atoms with Gasteiger partial charge in [0.2, 0.25) is 0 Å². The van der Waals surface area contributed by atoms with Crippen LogP contribution in [0.4, 0.5) is 11.4 Å². The molecule has 29 heavy (non-hydrogen) atoms. The molecule has 0 spiro atoms. The lowest BCUT2D eigenvalue weighted by molar-refractivity contribution is -0.150. The van der Waals surface area contributed by atoms with Crippen molar-refractivity contribution in [1.29, 1.82) is 5.41 Å². The number of rotatable bonds is 5. The molecule has 5 N–H and O–H groups in total. The minimum Gasteiger partial charge on any atom is -0.384 e. The second-order valence-corrected chi connectivity index (χ2v) is 7.00. The van der Waals surface area contributed by atoms with E-state index in [0.29, 0.717) is 17.8 Å². The first-order chi connectivity index (χ1) is 13.8. The fourth-order valence-corrected chi connectivity index (χ4v) is 3.27. The molecule has 0 saturated carbocycles. The van der Waals surface area contributed by atoms with Gasteiger partial charge >= 0.3 is 0 Å². The molecule has 1 aliphatic rings. The summed E-state index contributed by atoms with van der Waals surface area (Å²) in [7, 11) is 0. The zero-order valence-corrected chi connectivity index (χ0v) is 16.3. The number of aliphatic hydroxyl groups excluding tert-OH is 1. The molecule has 0 radical (unpaired) electrons. The van der Waals surface area contributed by atoms with Gasteiger partial charge in [-0.3, -0.25) is 15.0 Å². The molecule has 1 fully saturated rings. The number of aliphatic hydroxyl groups is 1. The number of amidine groups is 1. The summed E-state index contributed by atoms with van der Waals surface area (Å²) in [6, 6.07) is 12.0. The summed E-state index contributed by atoms with van der Waals surface area (Å²) in [5.41, 5.74) is 9.08. The van der Waals surface area contributed by atoms with E-state index in [9.17, 15) is 14.7 Å². The number of benzene rings is 2. The van der Waals surface area contributed by atoms with E-state index in [1.807, 2.05) is 32.0 Å². The van der Waals surface area contributed by atoms with Crippen LogP contribution in [0.1, 0.15) is 16.7 Å². The highest BCUT2D eigenvalue weighted by Crippen LogP contribution is 2.25. The van der Waals surface area contributed by atoms with Crippen LogP contribution in [0, 0.1) is 19.3 Å². The Morgan fingerprint density at radius 2 is 1.97 bits per heavy atom. The molecule has 152 valence electrons. The second kappa shape index (κ2) is 8.42. The van der Waals surface area contributed by atoms with Crippen molar-refractivity contribution < 1.29 is 19.4 Å². The van der Waals surface area contributed by atoms with Crippen LogP contribution in [-0.4, -0.2) is 48.1 Å². The number of hydrogen-bond donors (Lipinski definition) is 4. The number of amides is 2. The van der Waals surface area contributed by atoms with Gasteiger partial charge < -0.3 is 25.8 Å². The van der Waals surface area contributed by atoms with Gasteiger partial charge in [-0.05, 0) is 49.7 Å². The SMILES string of the molecule is Cc1ccc(N2CCOC([C@@H](O)C(=O)Nc3ccc(C(=N)N)cc3)C2=O)c(C)c1. The smallest absolute Gasteiger partial charge is 0.259 e. The average Bonchev–Trinajstić information content (AvgIpc) is 2.68. The van der Waals surface area contributed by atoms with Crippen LogP contribution >= 0.6 is 0 Å². The fraction of sp³-hybridized carbons (Fsp3) is 0.286. The van der Waals surface area contributed by atoms with E-state index in [0.717, 1.165) is 16.8 Å². The average molecular weight is 396 g/mol. The third-order valence-corrected chi connectivity index (χ3v) is 4.78. The third-order valence-electron chi connectivity index (χ3n) is 4.78. The van der Waals surface area contributed by atoms with E-state index in [1.165, 1.54) is 0 Å². The number of nitrogen functional groups attached to an aromatic ring is 1. The number of ether oxygens (including phenoxy) is 1. The van der Waals surface area contributed by atoms with Gasteiger partial charge in [-0.1, -0.05) is 17.7 Å². The standard InChI is InChI=1S/C21H24N4O4/c1-12-3-8-16(13(2)11-12)25-9-10-29-18(21(25)28)17(26)20(27)24-15-6-4-14(5-7-15)19(22)23/h3-8,11,17-18,26H,9-10H2,1-2H3,(H3,22,23)(H,24,27)/t17-,18?/m1/s1. The molecule has 0 bridgehead atoms. The number of anilines is 2. The largest absolute Gasteiger partial charge is 0.384 e. The van der Waals surface area contributed by atoms with E-state index in [-0.39, 0.29) is 12.4 Å². The van der Waals surface area contributed by atoms with Crippen molar-refractivity contribution in [2.75, 3.05) is 23.4 Å². The maximum absolute atomic E-state index is 12.9. The zero-order valence-electron chi connectivity index (χ0n) is 16.3. The molecule has 2 aromatic carbocycles. The van der Waals surface area contributed by atoms with Gasteiger partial charge in [0.05, 0.1) is 6.61 Å². The molecular weight excluding hydrogens is 372 g/mol. The summed E-state index contributed by atoms with van der Waals surface area (Å²) >= 11 is 0. The minimum atomic E-state index is -1.66. The normalized spacial score (nSPS) is 17.7. The maximum Gasteiger partial charge on any atom is 0.259 e. The number of nitrogens with one attached hydrogen (secondary N) is 2. The Kier molecular flexibility index (Phi) is 5.95. The Morgan fingerprint density at radius 3 is 2.59 bits per heavy atom. The zero-order chi connectivity index (χ0) is 21.1. The Hall–Kier alpha value is -3.23. The first kappa shape index (κ1) is 20.5. The molecule has 1 aliphatic heterocycles. The highest BCUT2D eigenvalue weighted by Gasteiger charge is 2.39. The number of morpholine rings is 1. The number of aryl methyl sites for hydroxylation is 2. The molecule has 2 atom stereocenters. The summed E-state index contributed by atoms with van der Waals surface area (Å²) in [5.74, 6) is -1.30. The first-order valence-electron chi connectivity index (χ1n) is 9.21. The molecule has 1 saturated heterocycles. The summed E-state index contributed by atoms with van der Waals surface area (Å²) in [6.07, 6.45) is -2.95. The van der Waals surface area contributed by atoms with Gasteiger partial charge in [0, 0.05) is 23.5 Å². The lowest BCUT2D eigenvalue weighted by Crippen LogP contribution is -2.55. The Bertz CT molecular complexity index is 942. The fourth-order valence-electron chi connectivity index (χ4n) is 3.27. The van der Waals surface area contributed by atoms with Crippen LogP contribution in [-0.2, 0) is 14.3 Å². The van der Waals surface area contributed by atoms with Crippen molar-refractivity contribution in [3.05, 3.63) is 59.2 Å². The summed E-state index contributed by atoms with van der Waals surface area (Å²) in [6.45, 7) is 4.44. The van der Waals surface area contributed by atoms with E-state index in [2.05, 4.69) is 5.32 Å². The van der Waals surface area contributed by atoms with Gasteiger partial charge in [-0.25, -0.2) is 0 Å². The van der Waals surface area contributed by atoms with Crippen LogP contribution < -0.4 is 16.0 Å². The summed E-state index contributed by atoms with van der Waals surface area (Å²) in [4.78, 5) is 26.9. The molecule has 0 aromatic heterocycles. The van der Waals surface area contributed by atoms with E-state index >= 15 is 0 Å². The topological polar surface area (TPSA) is 129 Å². The number of carbonyl (C=O) groups is 2. The highest BCUT2D eigenvalue weighted by atomic mass is 16.5. The van der Waals surface area contributed by atoms with E-state index in [4.69, 9.17) is 15.9 Å². The molecule has 8 nitrogen and oxygen atoms in total. The summed E-state index contributed by atoms with van der Waals surface area (Å²) < 4.78 is 5.43. The third kappa shape index (κ3) is 4.44. The van der Waals surface area contributed by atoms with Crippen LogP contribution in [0.2, 0.25) is 0 Å². The number of hydrogen-bond acceptors (Lipinski definition) is 5. The minimum absolute atomic E-state index is 0.0874. The van der Waals surface area contributed by atoms with Gasteiger partial charge in [0.15, 0.2) is 12.2 Å². The van der Waals surface area contributed by atoms with Gasteiger partial charge in [0.25, 0.3) is 11.8 Å². The molecule has 2 amide bonds. The number of nitrogens with two attached hydrogens (primary N) is 1. The number of nitrogens with zero attached hydrogens (tertiary/aromatic N) is 1. The lowest BCUT2D eigenvalue weighted by Gasteiger charge is -2.34. The predicted octanol–water partition coefficient (Wildman–Crippen LogP) is 1.32. The molecule has 3 rings (SSSR count). The van der Waals surface area contributed by atoms with Gasteiger partial charge in [-0.15, -0.1) is 0 Å². The van der Waals surface area contributed by atoms with E-state index < -0.39 is 24.0 Å². The van der Waals surface area contributed by atoms with Gasteiger partial charge in [0.1, 0.15) is 5.84 Å². The van der Waals surface area contributed by atoms with Crippen molar-refractivity contribution in [2.45, 2.75) is 26.1 Å². The van der Waals surface area contributed by atoms with Crippen molar-refractivity contribution >= 4 is 29.0 Å². The number of carbonyl (C=O) groups excluding carboxylic acids is 2. The Labute approximate surface area is 168 Å². The molecule has 1 unspecified atom stereocenters. The molecule has 0 aliphatic carbocycles. The second-order valence-electron chi connectivity index (χ2n) is 7.00. The predicted molar refractivity (Wildman–Crippen MR) is 110 cm³/mol. The van der Waals surface area contributed by atoms with Crippen LogP contribution in [0.25, 0.3) is 0 Å². The van der Waals surface area contributed by atoms with Gasteiger partial charge in [-0.2, -0.15) is 0 Å². The Balaban J connectivity index is 1.72. The van der Waals surface area contributed by atoms with Crippen LogP contribution in [0.3, 0.4) is 0 Å². The van der Waals surface area contributed by atoms with Crippen molar-refractivity contribution in [2.24, 2.45) is 5.73 Å². The molecule has 2 aromatic rings. The quantitative estimate of drug-likeness (QED) is 0.447. The maximum atomic E-state index is 12.9. The van der Waals surface area contributed by atoms with Crippen LogP contribution in [0.15, 0.2) is 42.5 Å². The monoisotopic (exact) mass is 396 g/mol. The lowest BCUT2D eigenvalue weighted by atomic mass is 10.1. The first-order valence-corrected chi connectivity index (χ1v) is 9.21. The van der Waals surface area contributed by atoms with Crippen molar-refractivity contribution in [3.63, 3.8) is 0 Å². The van der Waals surface area contributed by atoms with E-state index in [1.54, 1.807) is 29.2 Å². The molecular formula is C21H24N4O4. The Morgan fingerprint density at radius 1 is 1.28 bits per heavy atom. The molecule has 8 heteroatoms. The highest BCUT2D eigenvalue weighted by molar-refractivity contribution is 6.04. The van der Waals surface area contributed by atoms with Crippen LogP contribution in [0.5, 0.6) is 0 Å².